The van der Waals surface area contributed by atoms with E-state index in [1.54, 1.807) is 0 Å². The number of aromatic amines is 5. The average molecular weight is 2190 g/mol. The number of methoxy groups -OCH3 is 1. The molecule has 146 heavy (non-hydrogen) atoms. The van der Waals surface area contributed by atoms with Crippen molar-refractivity contribution < 1.29 is 121 Å². The average Bonchev–Trinajstić information content (AvgIpc) is 1.66. The molecule has 0 aliphatic carbocycles. The third-order valence-corrected chi connectivity index (χ3v) is 30.7. The van der Waals surface area contributed by atoms with Crippen LogP contribution in [-0.2, 0) is 94.6 Å². The van der Waals surface area contributed by atoms with Crippen molar-refractivity contribution in [1.82, 2.24) is 73.9 Å². The number of aromatic nitrogens is 10. The summed E-state index contributed by atoms with van der Waals surface area (Å²) in [6, 6.07) is 0. The number of ether oxygens (including phenoxy) is 7. The van der Waals surface area contributed by atoms with Crippen LogP contribution in [0.3, 0.4) is 0 Å². The Hall–Kier alpha value is -8.03. The molecule has 10 heterocycles. The van der Waals surface area contributed by atoms with Gasteiger partial charge in [-0.25, -0.2) is 19.2 Å². The molecule has 46 nitrogen and oxygen atoms in total. The van der Waals surface area contributed by atoms with Gasteiger partial charge >= 0.3 is 40.8 Å². The highest BCUT2D eigenvalue weighted by atomic mass is 32.1. The van der Waals surface area contributed by atoms with E-state index in [0.717, 1.165) is 44.5 Å². The van der Waals surface area contributed by atoms with E-state index in [2.05, 4.69) is 126 Å². The van der Waals surface area contributed by atoms with E-state index in [9.17, 15) is 131 Å². The minimum Gasteiger partial charge on any atom is -0.459 e. The van der Waals surface area contributed by atoms with Crippen LogP contribution in [0, 0.1) is 4.77 Å². The van der Waals surface area contributed by atoms with Gasteiger partial charge in [0.25, 0.3) is 27.8 Å². The number of alkyl halides is 3. The zero-order chi connectivity index (χ0) is 111. The number of carbonyl (C=O) groups excluding carboxylic acids is 6. The number of Topliss-reactive ketones (excluding diaryl/α,β-unsaturated/α-hetero) is 4. The summed E-state index contributed by atoms with van der Waals surface area (Å²) >= 11 is 5.20. The Bertz CT molecular complexity index is 5950. The summed E-state index contributed by atoms with van der Waals surface area (Å²) in [6.07, 6.45) is 7.59. The van der Waals surface area contributed by atoms with Crippen molar-refractivity contribution in [3.05, 3.63) is 157 Å². The number of hydrogen-bond donors (Lipinski definition) is 18. The van der Waals surface area contributed by atoms with Gasteiger partial charge in [0.15, 0.2) is 35.9 Å². The van der Waals surface area contributed by atoms with Crippen LogP contribution < -0.4 is 71.8 Å². The second kappa shape index (κ2) is 54.3. The largest absolute Gasteiger partial charge is 0.471 e. The van der Waals surface area contributed by atoms with E-state index in [-0.39, 0.29) is 107 Å². The fourth-order valence-corrected chi connectivity index (χ4v) is 20.4. The molecule has 18 N–H and O–H groups in total. The van der Waals surface area contributed by atoms with E-state index in [1.807, 2.05) is 18.3 Å². The number of halogens is 3. The Morgan fingerprint density at radius 1 is 0.390 bits per heavy atom. The summed E-state index contributed by atoms with van der Waals surface area (Å²) in [5.41, 5.74) is -6.86. The van der Waals surface area contributed by atoms with Gasteiger partial charge in [-0.3, -0.25) is 100 Å². The summed E-state index contributed by atoms with van der Waals surface area (Å²) in [5, 5.41) is 105. The number of ketones is 4. The third kappa shape index (κ3) is 39.3. The van der Waals surface area contributed by atoms with Gasteiger partial charge < -0.3 is 105 Å². The van der Waals surface area contributed by atoms with Gasteiger partial charge in [-0.15, -0.1) is 65.9 Å². The molecule has 55 heteroatoms. The number of aliphatic hydroxyl groups excluding tert-OH is 9. The number of amides is 1. The zero-order valence-corrected chi connectivity index (χ0v) is 90.9. The van der Waals surface area contributed by atoms with Gasteiger partial charge in [0.05, 0.1) is 68.8 Å². The Balaban J connectivity index is 0.000000280. The Morgan fingerprint density at radius 2 is 0.623 bits per heavy atom. The Kier molecular flexibility index (Phi) is 47.1. The number of H-pyrrole nitrogens is 5. The van der Waals surface area contributed by atoms with E-state index < -0.39 is 244 Å². The molecular formula is C91H147F3N15O31P5S. The van der Waals surface area contributed by atoms with Gasteiger partial charge in [0.2, 0.25) is 0 Å². The first-order chi connectivity index (χ1) is 67.2. The monoisotopic (exact) mass is 2190 g/mol. The highest BCUT2D eigenvalue weighted by molar-refractivity contribution is 7.73. The lowest BCUT2D eigenvalue weighted by Gasteiger charge is -2.26. The minimum atomic E-state index is -5.37. The molecular weight excluding hydrogens is 2040 g/mol. The molecule has 0 spiro atoms. The Morgan fingerprint density at radius 3 is 0.877 bits per heavy atom. The maximum atomic E-state index is 13.2. The smallest absolute Gasteiger partial charge is 0.459 e. The lowest BCUT2D eigenvalue weighted by atomic mass is 10.1. The number of nitrogens with one attached hydrogen (secondary N) is 9. The highest BCUT2D eigenvalue weighted by Gasteiger charge is 2.51. The third-order valence-electron chi connectivity index (χ3n) is 23.0. The van der Waals surface area contributed by atoms with E-state index in [4.69, 9.17) is 45.4 Å². The van der Waals surface area contributed by atoms with E-state index in [0.29, 0.717) is 43.8 Å². The molecule has 5 aromatic rings. The molecule has 0 radical (unpaired) electrons. The van der Waals surface area contributed by atoms with Crippen LogP contribution in [0.5, 0.6) is 0 Å². The van der Waals surface area contributed by atoms with Crippen molar-refractivity contribution in [2.45, 2.75) is 248 Å². The van der Waals surface area contributed by atoms with Crippen molar-refractivity contribution in [2.24, 2.45) is 0 Å². The van der Waals surface area contributed by atoms with Crippen LogP contribution in [0.25, 0.3) is 0 Å². The molecule has 0 saturated carbocycles. The summed E-state index contributed by atoms with van der Waals surface area (Å²) < 4.78 is 84.6. The maximum absolute atomic E-state index is 13.2. The molecule has 1 amide bonds. The van der Waals surface area contributed by atoms with Crippen LogP contribution in [0.4, 0.5) is 13.2 Å². The fourth-order valence-electron chi connectivity index (χ4n) is 15.4. The number of esters is 1. The molecule has 824 valence electrons. The Labute approximate surface area is 846 Å². The molecule has 10 rings (SSSR count). The summed E-state index contributed by atoms with van der Waals surface area (Å²) in [7, 11) is 1.44. The molecule has 5 saturated heterocycles. The summed E-state index contributed by atoms with van der Waals surface area (Å²) in [4.78, 5) is 189. The maximum Gasteiger partial charge on any atom is 0.471 e. The van der Waals surface area contributed by atoms with Gasteiger partial charge in [0.1, 0.15) is 96.3 Å². The van der Waals surface area contributed by atoms with Crippen molar-refractivity contribution in [3.63, 3.8) is 0 Å². The fraction of sp³-hybridized carbons (Fsp3) is 0.659. The van der Waals surface area contributed by atoms with Gasteiger partial charge in [-0.05, 0) is 190 Å². The molecule has 0 aromatic carbocycles. The van der Waals surface area contributed by atoms with Gasteiger partial charge in [-0.2, -0.15) is 13.2 Å². The first-order valence-corrected chi connectivity index (χ1v) is 62.3. The molecule has 0 unspecified atom stereocenters. The predicted octanol–water partition coefficient (Wildman–Crippen LogP) is -1.75. The van der Waals surface area contributed by atoms with Crippen LogP contribution in [-0.4, -0.2) is 406 Å². The predicted molar refractivity (Wildman–Crippen MR) is 559 cm³/mol. The van der Waals surface area contributed by atoms with Crippen molar-refractivity contribution in [3.8, 4) is 0 Å². The molecule has 20 atom stereocenters. The number of aliphatic hydroxyl groups is 9. The number of rotatable bonds is 41. The van der Waals surface area contributed by atoms with Crippen LogP contribution in [0.15, 0.2) is 74.1 Å². The van der Waals surface area contributed by atoms with Crippen molar-refractivity contribution in [2.75, 3.05) is 137 Å². The van der Waals surface area contributed by atoms with E-state index >= 15 is 0 Å². The summed E-state index contributed by atoms with van der Waals surface area (Å²) in [6.45, 7) is 22.7. The number of hydrogen-bond acceptors (Lipinski definition) is 36. The molecule has 5 aliphatic heterocycles. The summed E-state index contributed by atoms with van der Waals surface area (Å²) in [5.74, 6) is -3.83. The second-order valence-corrected chi connectivity index (χ2v) is 63.2. The lowest BCUT2D eigenvalue weighted by Crippen LogP contribution is -2.46. The lowest BCUT2D eigenvalue weighted by molar-refractivity contribution is -0.188. The van der Waals surface area contributed by atoms with Crippen LogP contribution in [0.1, 0.15) is 140 Å². The molecule has 5 aromatic heterocycles. The topological polar surface area (TPSA) is 658 Å². The number of carbonyl (C=O) groups is 6. The minimum absolute atomic E-state index is 0.0455. The van der Waals surface area contributed by atoms with Crippen molar-refractivity contribution in [1.29, 1.82) is 0 Å². The first-order valence-electron chi connectivity index (χ1n) is 46.6. The number of nitrogens with zero attached hydrogens (tertiary/aromatic N) is 6. The zero-order valence-electron chi connectivity index (χ0n) is 85.6. The van der Waals surface area contributed by atoms with Gasteiger partial charge in [0, 0.05) is 86.5 Å². The normalized spacial score (nSPS) is 24.8. The SMILES string of the molecule is C=P(C)(C)CC[C@H]1O[C@@H](n2cc(CN(CC(=O)OC(C)(C)C)C(=O)C(F)(F)F)c(=O)[nH]c2=O)[C@H](O)[C@@H]1O.C=P(C)(C)CC[C@H]1O[C@@H](n2cc(CNCC(C)=O)c(=O)[nH]c2=O)[C@H](O)[C@@H]1O.C=P(C)(C)CC[C@H]1O[C@@H](n2cc(CNCC(C)=O)c(=O)[nH]c2=O)[C@H](O)[C@@H]1O.C=P(C)(C)CC[C@H]1O[C@@H](n2cc(CNCC(C)=O)c(=O)[nH]c2=O)[C@H](OC)[C@@H]1O.C=P(C)(C)CC[C@H]1O[C@@H](n2cc(CNCC(C)=O)c(=O)[nH]c2=S)[C@H](O)[C@@H]1O. The standard InChI is InChI=1S/C22H33F3N3O8P.C18H30N3O6P.2C17H28N3O6P.C17H28N3O5PS/c1-21(2,3)36-14(29)11-27(19(33)22(23,24)25)9-12-10-28(20(34)26-17(12)32)18-16(31)15(30)13(35-18)7-8-37(4,5)6;1-11(22)8-19-9-12-10-21(18(25)20-16(12)24)17-15(26-2)14(23)13(27-17)6-7-28(3,4)5;2*1-10(21)7-18-8-11-9-20(17(25)19-15(11)24)16-14(23)13(22)12(26-16)5-6-27(2,3)4;1-10(21)7-18-8-11-9-20(17(27)19-15(11)24)16-14(23)13(22)12(25-16)5-6-26(2,3)4/h10,13,15-16,18,30-31H,4,7-9,11H2,1-3,5-6H3,(H,26,32,34);10,13-15,17,19,23H,3,6-9H2,1-2,4-5H3,(H,20,24,25);2*9,12-14,16,18,22-23H,2,5-8H2,1,3-4H3,(H,19,24,25);9,12-14,16,18,22-23H,2,5-8H2,1,3-4H3,(H,19,24,27)/t13-,15-,16-,18-;13-,14-,15-,17-;3*12-,13-,14-,16-/m11111/s1. The van der Waals surface area contributed by atoms with Gasteiger partial charge in [-0.1, -0.05) is 0 Å². The van der Waals surface area contributed by atoms with Crippen molar-refractivity contribution >= 4 is 113 Å². The molecule has 5 fully saturated rings. The molecule has 0 bridgehead atoms. The first kappa shape index (κ1) is 127. The quantitative estimate of drug-likeness (QED) is 0.0117. The molecule has 5 aliphatic rings. The second-order valence-electron chi connectivity index (χ2n) is 41.3. The highest BCUT2D eigenvalue weighted by Crippen LogP contribution is 2.45. The van der Waals surface area contributed by atoms with Crippen LogP contribution in [0.2, 0.25) is 0 Å². The van der Waals surface area contributed by atoms with E-state index in [1.165, 1.54) is 89.5 Å². The van der Waals surface area contributed by atoms with Crippen LogP contribution >= 0.6 is 46.6 Å².